The average Bonchev–Trinajstić information content (AvgIpc) is 2.44. The average molecular weight is 330 g/mol. The van der Waals surface area contributed by atoms with Gasteiger partial charge in [0.2, 0.25) is 11.8 Å². The Balaban J connectivity index is 1.89. The fourth-order valence-corrected chi connectivity index (χ4v) is 2.74. The maximum absolute atomic E-state index is 12.0. The summed E-state index contributed by atoms with van der Waals surface area (Å²) in [5.41, 5.74) is 0.880. The van der Waals surface area contributed by atoms with Gasteiger partial charge in [0.1, 0.15) is 0 Å². The van der Waals surface area contributed by atoms with E-state index in [1.807, 2.05) is 13.0 Å². The maximum atomic E-state index is 12.0. The smallest absolute Gasteiger partial charge is 0.239 e. The highest BCUT2D eigenvalue weighted by molar-refractivity contribution is 6.35. The first-order valence-corrected chi connectivity index (χ1v) is 7.46. The summed E-state index contributed by atoms with van der Waals surface area (Å²) in [4.78, 5) is 24.9. The normalized spacial score (nSPS) is 16.5. The number of hydrogen-bond donors (Lipinski definition) is 2. The van der Waals surface area contributed by atoms with Gasteiger partial charge in [0.05, 0.1) is 13.1 Å². The number of rotatable bonds is 4. The molecule has 114 valence electrons. The van der Waals surface area contributed by atoms with Gasteiger partial charge in [0.25, 0.3) is 0 Å². The maximum Gasteiger partial charge on any atom is 0.239 e. The van der Waals surface area contributed by atoms with Crippen LogP contribution in [0.5, 0.6) is 0 Å². The zero-order valence-corrected chi connectivity index (χ0v) is 13.2. The van der Waals surface area contributed by atoms with Crippen LogP contribution in [0.3, 0.4) is 0 Å². The number of nitrogens with one attached hydrogen (secondary N) is 2. The van der Waals surface area contributed by atoms with Gasteiger partial charge in [0.15, 0.2) is 0 Å². The number of nitrogens with zero attached hydrogens (tertiary/aromatic N) is 1. The second-order valence-electron chi connectivity index (χ2n) is 4.93. The summed E-state index contributed by atoms with van der Waals surface area (Å²) < 4.78 is 0. The van der Waals surface area contributed by atoms with Crippen LogP contribution in [0, 0.1) is 0 Å². The number of halogens is 2. The van der Waals surface area contributed by atoms with E-state index >= 15 is 0 Å². The molecule has 2 rings (SSSR count). The fraction of sp³-hybridized carbons (Fsp3) is 0.429. The highest BCUT2D eigenvalue weighted by Crippen LogP contribution is 2.25. The van der Waals surface area contributed by atoms with Crippen molar-refractivity contribution in [3.05, 3.63) is 33.8 Å². The van der Waals surface area contributed by atoms with Gasteiger partial charge in [-0.05, 0) is 24.6 Å². The molecule has 1 aliphatic rings. The first kappa shape index (κ1) is 16.1. The van der Waals surface area contributed by atoms with Crippen LogP contribution in [-0.4, -0.2) is 42.9 Å². The molecule has 1 aliphatic heterocycles. The summed E-state index contributed by atoms with van der Waals surface area (Å²) in [6, 6.07) is 5.18. The Kier molecular flexibility index (Phi) is 5.45. The lowest BCUT2D eigenvalue weighted by atomic mass is 10.1. The summed E-state index contributed by atoms with van der Waals surface area (Å²) >= 11 is 12.0. The van der Waals surface area contributed by atoms with Crippen molar-refractivity contribution < 1.29 is 9.59 Å². The molecule has 1 fully saturated rings. The molecule has 5 nitrogen and oxygen atoms in total. The lowest BCUT2D eigenvalue weighted by Crippen LogP contribution is -2.52. The van der Waals surface area contributed by atoms with E-state index in [2.05, 4.69) is 10.6 Å². The molecule has 0 aromatic heterocycles. The number of carbonyl (C=O) groups is 2. The van der Waals surface area contributed by atoms with Crippen LogP contribution in [0.4, 0.5) is 0 Å². The highest BCUT2D eigenvalue weighted by atomic mass is 35.5. The minimum Gasteiger partial charge on any atom is -0.353 e. The van der Waals surface area contributed by atoms with Gasteiger partial charge in [-0.2, -0.15) is 0 Å². The van der Waals surface area contributed by atoms with Crippen molar-refractivity contribution in [1.82, 2.24) is 15.5 Å². The van der Waals surface area contributed by atoms with Gasteiger partial charge >= 0.3 is 0 Å². The first-order valence-electron chi connectivity index (χ1n) is 6.70. The third-order valence-corrected chi connectivity index (χ3v) is 3.94. The van der Waals surface area contributed by atoms with Gasteiger partial charge in [-0.1, -0.05) is 29.3 Å². The monoisotopic (exact) mass is 329 g/mol. The minimum absolute atomic E-state index is 0.0858. The van der Waals surface area contributed by atoms with E-state index in [1.54, 1.807) is 17.0 Å². The van der Waals surface area contributed by atoms with Crippen LogP contribution >= 0.6 is 23.2 Å². The SMILES string of the molecule is CC(NCC(=O)N1CCNC(=O)C1)c1ccc(Cl)cc1Cl. The van der Waals surface area contributed by atoms with E-state index in [0.717, 1.165) is 5.56 Å². The molecular weight excluding hydrogens is 313 g/mol. The molecule has 21 heavy (non-hydrogen) atoms. The second kappa shape index (κ2) is 7.11. The summed E-state index contributed by atoms with van der Waals surface area (Å²) in [6.07, 6.45) is 0. The van der Waals surface area contributed by atoms with Gasteiger partial charge in [0, 0.05) is 29.2 Å². The van der Waals surface area contributed by atoms with E-state index in [-0.39, 0.29) is 30.9 Å². The Labute approximate surface area is 133 Å². The lowest BCUT2D eigenvalue weighted by Gasteiger charge is -2.27. The van der Waals surface area contributed by atoms with Crippen LogP contribution in [0.1, 0.15) is 18.5 Å². The molecule has 1 aromatic carbocycles. The van der Waals surface area contributed by atoms with Crippen LogP contribution in [0.2, 0.25) is 10.0 Å². The summed E-state index contributed by atoms with van der Waals surface area (Å²) in [6.45, 7) is 3.25. The van der Waals surface area contributed by atoms with Crippen LogP contribution < -0.4 is 10.6 Å². The highest BCUT2D eigenvalue weighted by Gasteiger charge is 2.21. The number of amides is 2. The predicted octanol–water partition coefficient (Wildman–Crippen LogP) is 1.60. The third kappa shape index (κ3) is 4.33. The van der Waals surface area contributed by atoms with Gasteiger partial charge in [-0.3, -0.25) is 9.59 Å². The van der Waals surface area contributed by atoms with E-state index in [9.17, 15) is 9.59 Å². The lowest BCUT2D eigenvalue weighted by molar-refractivity contribution is -0.137. The van der Waals surface area contributed by atoms with E-state index in [1.165, 1.54) is 0 Å². The topological polar surface area (TPSA) is 61.4 Å². The quantitative estimate of drug-likeness (QED) is 0.882. The molecule has 1 unspecified atom stereocenters. The molecule has 1 heterocycles. The van der Waals surface area contributed by atoms with Crippen molar-refractivity contribution in [3.8, 4) is 0 Å². The summed E-state index contributed by atoms with van der Waals surface area (Å²) in [5, 5.41) is 6.95. The predicted molar refractivity (Wildman–Crippen MR) is 82.5 cm³/mol. The van der Waals surface area contributed by atoms with Crippen LogP contribution in [0.25, 0.3) is 0 Å². The molecule has 2 amide bonds. The number of carbonyl (C=O) groups excluding carboxylic acids is 2. The van der Waals surface area contributed by atoms with Crippen molar-refractivity contribution in [3.63, 3.8) is 0 Å². The molecule has 0 radical (unpaired) electrons. The van der Waals surface area contributed by atoms with Crippen molar-refractivity contribution >= 4 is 35.0 Å². The molecule has 0 saturated carbocycles. The zero-order valence-electron chi connectivity index (χ0n) is 11.7. The summed E-state index contributed by atoms with van der Waals surface area (Å²) in [5.74, 6) is -0.217. The molecule has 1 aromatic rings. The molecule has 1 atom stereocenters. The molecule has 2 N–H and O–H groups in total. The summed E-state index contributed by atoms with van der Waals surface area (Å²) in [7, 11) is 0. The molecule has 0 spiro atoms. The van der Waals surface area contributed by atoms with Crippen molar-refractivity contribution in [2.24, 2.45) is 0 Å². The Bertz CT molecular complexity index is 551. The molecule has 7 heteroatoms. The third-order valence-electron chi connectivity index (χ3n) is 3.38. The largest absolute Gasteiger partial charge is 0.353 e. The van der Waals surface area contributed by atoms with Crippen LogP contribution in [0.15, 0.2) is 18.2 Å². The Morgan fingerprint density at radius 2 is 2.24 bits per heavy atom. The minimum atomic E-state index is -0.122. The van der Waals surface area contributed by atoms with E-state index in [0.29, 0.717) is 23.1 Å². The number of benzene rings is 1. The fourth-order valence-electron chi connectivity index (χ4n) is 2.17. The molecular formula is C14H17Cl2N3O2. The van der Waals surface area contributed by atoms with Crippen molar-refractivity contribution in [2.75, 3.05) is 26.2 Å². The van der Waals surface area contributed by atoms with Gasteiger partial charge in [-0.25, -0.2) is 0 Å². The molecule has 0 aliphatic carbocycles. The second-order valence-corrected chi connectivity index (χ2v) is 5.78. The first-order chi connectivity index (χ1) is 9.97. The van der Waals surface area contributed by atoms with Crippen LogP contribution in [-0.2, 0) is 9.59 Å². The van der Waals surface area contributed by atoms with Gasteiger partial charge < -0.3 is 15.5 Å². The standard InChI is InChI=1S/C14H17Cl2N3O2/c1-9(11-3-2-10(15)6-12(11)16)18-7-14(21)19-5-4-17-13(20)8-19/h2-3,6,9,18H,4-5,7-8H2,1H3,(H,17,20). The van der Waals surface area contributed by atoms with E-state index < -0.39 is 0 Å². The molecule has 0 bridgehead atoms. The van der Waals surface area contributed by atoms with Gasteiger partial charge in [-0.15, -0.1) is 0 Å². The Hall–Kier alpha value is -1.30. The zero-order chi connectivity index (χ0) is 15.4. The number of hydrogen-bond acceptors (Lipinski definition) is 3. The Morgan fingerprint density at radius 1 is 1.48 bits per heavy atom. The molecule has 1 saturated heterocycles. The van der Waals surface area contributed by atoms with Crippen molar-refractivity contribution in [2.45, 2.75) is 13.0 Å². The Morgan fingerprint density at radius 3 is 2.90 bits per heavy atom. The number of piperazine rings is 1. The van der Waals surface area contributed by atoms with Crippen molar-refractivity contribution in [1.29, 1.82) is 0 Å². The van der Waals surface area contributed by atoms with E-state index in [4.69, 9.17) is 23.2 Å².